The number of hydrogen-bond acceptors (Lipinski definition) is 3. The number of aromatic hydroxyl groups is 1. The van der Waals surface area contributed by atoms with E-state index in [9.17, 15) is 9.90 Å². The van der Waals surface area contributed by atoms with Gasteiger partial charge in [-0.25, -0.2) is 4.79 Å². The SMILES string of the molecule is CC(C)c1ccccc1N1CCN(C(=O)Nc2ccc(O)cc2)CC1. The maximum Gasteiger partial charge on any atom is 0.321 e. The van der Waals surface area contributed by atoms with Gasteiger partial charge in [-0.2, -0.15) is 0 Å². The van der Waals surface area contributed by atoms with Crippen LogP contribution in [0.1, 0.15) is 25.3 Å². The first-order valence-electron chi connectivity index (χ1n) is 8.73. The molecule has 0 saturated carbocycles. The van der Waals surface area contributed by atoms with Crippen molar-refractivity contribution in [2.45, 2.75) is 19.8 Å². The van der Waals surface area contributed by atoms with Gasteiger partial charge in [0.25, 0.3) is 0 Å². The van der Waals surface area contributed by atoms with Crippen LogP contribution in [0, 0.1) is 0 Å². The van der Waals surface area contributed by atoms with E-state index in [-0.39, 0.29) is 11.8 Å². The molecular weight excluding hydrogens is 314 g/mol. The Labute approximate surface area is 148 Å². The third kappa shape index (κ3) is 4.05. The number of rotatable bonds is 3. The number of anilines is 2. The highest BCUT2D eigenvalue weighted by Gasteiger charge is 2.23. The lowest BCUT2D eigenvalue weighted by Gasteiger charge is -2.37. The maximum absolute atomic E-state index is 12.4. The van der Waals surface area contributed by atoms with Crippen molar-refractivity contribution < 1.29 is 9.90 Å². The molecule has 2 aromatic rings. The Bertz CT molecular complexity index is 720. The summed E-state index contributed by atoms with van der Waals surface area (Å²) in [6.07, 6.45) is 0. The zero-order valence-electron chi connectivity index (χ0n) is 14.8. The Morgan fingerprint density at radius 1 is 1.00 bits per heavy atom. The van der Waals surface area contributed by atoms with E-state index in [2.05, 4.69) is 48.3 Å². The second kappa shape index (κ2) is 7.47. The minimum absolute atomic E-state index is 0.0949. The Morgan fingerprint density at radius 2 is 1.64 bits per heavy atom. The fraction of sp³-hybridized carbons (Fsp3) is 0.350. The van der Waals surface area contributed by atoms with Gasteiger partial charge in [-0.1, -0.05) is 32.0 Å². The lowest BCUT2D eigenvalue weighted by Crippen LogP contribution is -2.50. The van der Waals surface area contributed by atoms with Crippen LogP contribution >= 0.6 is 0 Å². The van der Waals surface area contributed by atoms with Crippen molar-refractivity contribution in [1.82, 2.24) is 4.90 Å². The number of carbonyl (C=O) groups excluding carboxylic acids is 1. The van der Waals surface area contributed by atoms with Crippen molar-refractivity contribution in [2.75, 3.05) is 36.4 Å². The number of piperazine rings is 1. The van der Waals surface area contributed by atoms with Crippen LogP contribution in [0.3, 0.4) is 0 Å². The molecule has 0 radical (unpaired) electrons. The van der Waals surface area contributed by atoms with Crippen LogP contribution in [0.2, 0.25) is 0 Å². The number of nitrogens with zero attached hydrogens (tertiary/aromatic N) is 2. The molecule has 0 aromatic heterocycles. The average Bonchev–Trinajstić information content (AvgIpc) is 2.63. The molecular formula is C20H25N3O2. The highest BCUT2D eigenvalue weighted by atomic mass is 16.3. The van der Waals surface area contributed by atoms with E-state index in [0.717, 1.165) is 13.1 Å². The summed E-state index contributed by atoms with van der Waals surface area (Å²) in [5, 5.41) is 12.2. The van der Waals surface area contributed by atoms with E-state index in [0.29, 0.717) is 24.7 Å². The topological polar surface area (TPSA) is 55.8 Å². The molecule has 1 fully saturated rings. The maximum atomic E-state index is 12.4. The highest BCUT2D eigenvalue weighted by molar-refractivity contribution is 5.89. The van der Waals surface area contributed by atoms with Gasteiger partial charge in [0.2, 0.25) is 0 Å². The Kier molecular flexibility index (Phi) is 5.12. The summed E-state index contributed by atoms with van der Waals surface area (Å²) in [5.74, 6) is 0.669. The predicted octanol–water partition coefficient (Wildman–Crippen LogP) is 3.87. The smallest absolute Gasteiger partial charge is 0.321 e. The monoisotopic (exact) mass is 339 g/mol. The molecule has 2 N–H and O–H groups in total. The number of carbonyl (C=O) groups is 1. The number of para-hydroxylation sites is 1. The van der Waals surface area contributed by atoms with Gasteiger partial charge in [0.15, 0.2) is 0 Å². The largest absolute Gasteiger partial charge is 0.508 e. The lowest BCUT2D eigenvalue weighted by molar-refractivity contribution is 0.208. The molecule has 5 nitrogen and oxygen atoms in total. The van der Waals surface area contributed by atoms with Crippen LogP contribution in [-0.2, 0) is 0 Å². The summed E-state index contributed by atoms with van der Waals surface area (Å²) in [4.78, 5) is 16.6. The molecule has 0 atom stereocenters. The van der Waals surface area contributed by atoms with Crippen LogP contribution in [0.25, 0.3) is 0 Å². The van der Waals surface area contributed by atoms with Crippen LogP contribution in [-0.4, -0.2) is 42.2 Å². The summed E-state index contributed by atoms with van der Waals surface area (Å²) in [7, 11) is 0. The number of phenolic OH excluding ortho intramolecular Hbond substituents is 1. The van der Waals surface area contributed by atoms with Gasteiger partial charge in [0.1, 0.15) is 5.75 Å². The molecule has 0 aliphatic carbocycles. The first kappa shape index (κ1) is 17.1. The summed E-state index contributed by atoms with van der Waals surface area (Å²) in [5.41, 5.74) is 3.32. The summed E-state index contributed by atoms with van der Waals surface area (Å²) in [6.45, 7) is 7.45. The minimum Gasteiger partial charge on any atom is -0.508 e. The van der Waals surface area contributed by atoms with Gasteiger partial charge < -0.3 is 20.2 Å². The molecule has 2 amide bonds. The number of urea groups is 1. The molecule has 1 heterocycles. The molecule has 0 unspecified atom stereocenters. The summed E-state index contributed by atoms with van der Waals surface area (Å²) in [6, 6.07) is 14.9. The van der Waals surface area contributed by atoms with Crippen molar-refractivity contribution in [3.8, 4) is 5.75 Å². The zero-order valence-corrected chi connectivity index (χ0v) is 14.8. The number of nitrogens with one attached hydrogen (secondary N) is 1. The number of phenols is 1. The van der Waals surface area contributed by atoms with Crippen molar-refractivity contribution >= 4 is 17.4 Å². The van der Waals surface area contributed by atoms with Crippen LogP contribution in [0.15, 0.2) is 48.5 Å². The van der Waals surface area contributed by atoms with Gasteiger partial charge in [-0.3, -0.25) is 0 Å². The van der Waals surface area contributed by atoms with Crippen molar-refractivity contribution in [3.05, 3.63) is 54.1 Å². The Balaban J connectivity index is 1.60. The summed E-state index contributed by atoms with van der Waals surface area (Å²) < 4.78 is 0. The fourth-order valence-electron chi connectivity index (χ4n) is 3.16. The Hall–Kier alpha value is -2.69. The van der Waals surface area contributed by atoms with Crippen molar-refractivity contribution in [2.24, 2.45) is 0 Å². The molecule has 1 aliphatic heterocycles. The quantitative estimate of drug-likeness (QED) is 0.835. The van der Waals surface area contributed by atoms with E-state index in [1.807, 2.05) is 4.90 Å². The number of amides is 2. The van der Waals surface area contributed by atoms with Crippen LogP contribution in [0.5, 0.6) is 5.75 Å². The third-order valence-corrected chi connectivity index (χ3v) is 4.58. The first-order chi connectivity index (χ1) is 12.0. The third-order valence-electron chi connectivity index (χ3n) is 4.58. The van der Waals surface area contributed by atoms with Gasteiger partial charge in [0.05, 0.1) is 0 Å². The molecule has 25 heavy (non-hydrogen) atoms. The van der Waals surface area contributed by atoms with Crippen molar-refractivity contribution in [1.29, 1.82) is 0 Å². The predicted molar refractivity (Wildman–Crippen MR) is 101 cm³/mol. The zero-order chi connectivity index (χ0) is 17.8. The number of benzene rings is 2. The normalized spacial score (nSPS) is 14.7. The van der Waals surface area contributed by atoms with Gasteiger partial charge in [0, 0.05) is 37.6 Å². The number of hydrogen-bond donors (Lipinski definition) is 2. The van der Waals surface area contributed by atoms with Gasteiger partial charge >= 0.3 is 6.03 Å². The van der Waals surface area contributed by atoms with E-state index in [4.69, 9.17) is 0 Å². The molecule has 1 saturated heterocycles. The van der Waals surface area contributed by atoms with Gasteiger partial charge in [-0.15, -0.1) is 0 Å². The second-order valence-corrected chi connectivity index (χ2v) is 6.66. The first-order valence-corrected chi connectivity index (χ1v) is 8.73. The highest BCUT2D eigenvalue weighted by Crippen LogP contribution is 2.28. The molecule has 2 aromatic carbocycles. The molecule has 0 spiro atoms. The standard InChI is InChI=1S/C20H25N3O2/c1-15(2)18-5-3-4-6-19(18)22-11-13-23(14-12-22)20(25)21-16-7-9-17(24)10-8-16/h3-10,15,24H,11-14H2,1-2H3,(H,21,25). The molecule has 5 heteroatoms. The van der Waals surface area contributed by atoms with E-state index < -0.39 is 0 Å². The fourth-order valence-corrected chi connectivity index (χ4v) is 3.16. The van der Waals surface area contributed by atoms with E-state index in [1.54, 1.807) is 24.3 Å². The van der Waals surface area contributed by atoms with Crippen LogP contribution in [0.4, 0.5) is 16.2 Å². The average molecular weight is 339 g/mol. The Morgan fingerprint density at radius 3 is 2.28 bits per heavy atom. The summed E-state index contributed by atoms with van der Waals surface area (Å²) >= 11 is 0. The van der Waals surface area contributed by atoms with E-state index >= 15 is 0 Å². The van der Waals surface area contributed by atoms with Gasteiger partial charge in [-0.05, 0) is 41.8 Å². The minimum atomic E-state index is -0.0949. The molecule has 0 bridgehead atoms. The molecule has 1 aliphatic rings. The van der Waals surface area contributed by atoms with Crippen LogP contribution < -0.4 is 10.2 Å². The lowest BCUT2D eigenvalue weighted by atomic mass is 10.00. The molecule has 132 valence electrons. The molecule has 3 rings (SSSR count). The van der Waals surface area contributed by atoms with E-state index in [1.165, 1.54) is 11.3 Å². The second-order valence-electron chi connectivity index (χ2n) is 6.66. The van der Waals surface area contributed by atoms with Crippen molar-refractivity contribution in [3.63, 3.8) is 0 Å².